The molecule has 0 heterocycles. The van der Waals surface area contributed by atoms with Gasteiger partial charge in [-0.25, -0.2) is 0 Å². The molecule has 0 atom stereocenters. The summed E-state index contributed by atoms with van der Waals surface area (Å²) in [7, 11) is 0. The number of benzene rings is 17. The fourth-order valence-electron chi connectivity index (χ4n) is 15.4. The Morgan fingerprint density at radius 1 is 0.144 bits per heavy atom. The lowest BCUT2D eigenvalue weighted by Gasteiger charge is -2.27. The Hall–Kier alpha value is -12.8. The van der Waals surface area contributed by atoms with Crippen molar-refractivity contribution in [3.8, 4) is 44.5 Å². The topological polar surface area (TPSA) is 13.0 Å². The summed E-state index contributed by atoms with van der Waals surface area (Å²) in [6.07, 6.45) is 0. The van der Waals surface area contributed by atoms with Crippen LogP contribution in [-0.4, -0.2) is 0 Å². The Kier molecular flexibility index (Phi) is 16.8. The lowest BCUT2D eigenvalue weighted by molar-refractivity contribution is 1.26. The predicted molar refractivity (Wildman–Crippen MR) is 446 cm³/mol. The normalized spacial score (nSPS) is 11.5. The molecule has 17 aromatic carbocycles. The van der Waals surface area contributed by atoms with Crippen molar-refractivity contribution in [2.24, 2.45) is 0 Å². The zero-order valence-corrected chi connectivity index (χ0v) is 60.1. The first-order valence-electron chi connectivity index (χ1n) is 36.2. The van der Waals surface area contributed by atoms with Crippen molar-refractivity contribution < 1.29 is 0 Å². The summed E-state index contributed by atoms with van der Waals surface area (Å²) in [5.74, 6) is 0. The summed E-state index contributed by atoms with van der Waals surface area (Å²) in [6, 6.07) is 127. The van der Waals surface area contributed by atoms with Gasteiger partial charge in [0, 0.05) is 68.2 Å². The van der Waals surface area contributed by atoms with Crippen molar-refractivity contribution in [2.75, 3.05) is 19.6 Å². The van der Waals surface area contributed by atoms with Gasteiger partial charge in [-0.05, 0) is 294 Å². The molecule has 4 nitrogen and oxygen atoms in total. The summed E-state index contributed by atoms with van der Waals surface area (Å²) in [5.41, 5.74) is 32.4. The molecule has 0 radical (unpaired) electrons. The maximum atomic E-state index is 2.41. The van der Waals surface area contributed by atoms with E-state index in [9.17, 15) is 0 Å². The average Bonchev–Trinajstić information content (AvgIpc) is 0.698. The highest BCUT2D eigenvalue weighted by atomic mass is 15.2. The van der Waals surface area contributed by atoms with E-state index in [4.69, 9.17) is 0 Å². The molecule has 0 spiro atoms. The average molecular weight is 1340 g/mol. The molecule has 0 unspecified atom stereocenters. The standard InChI is InChI=1S/C100H80N4/c1-65-12-34-77(35-13-65)101(78-36-14-66(2)15-37-78)84-48-26-73(27-49-84)89-56-60-93-95-62-58-91(75-30-52-86(53-31-75)103(81-42-20-69(5)21-43-81)82-44-22-70(6)23-45-82)98-92(76-32-54-87(55-33-76)104(83-46-24-71(7)25-47-83)88-11-9-10-72(8)64-88)59-63-96(100(95)98)94-61-57-90(97(89)99(93)94)74-28-50-85(51-29-74)102(79-38-16-67(3)17-39-79)80-40-18-68(4)19-41-80/h9-64H,1-8H3. The Morgan fingerprint density at radius 3 is 0.519 bits per heavy atom. The Bertz CT molecular complexity index is 5640. The highest BCUT2D eigenvalue weighted by Gasteiger charge is 2.25. The fraction of sp³-hybridized carbons (Fsp3) is 0.0800. The molecule has 0 aliphatic carbocycles. The molecule has 0 amide bonds. The van der Waals surface area contributed by atoms with Gasteiger partial charge in [-0.3, -0.25) is 0 Å². The molecular weight excluding hydrogens is 1260 g/mol. The highest BCUT2D eigenvalue weighted by Crippen LogP contribution is 2.52. The van der Waals surface area contributed by atoms with Crippen LogP contribution < -0.4 is 19.6 Å². The van der Waals surface area contributed by atoms with E-state index in [1.54, 1.807) is 0 Å². The monoisotopic (exact) mass is 1340 g/mol. The van der Waals surface area contributed by atoms with Crippen LogP contribution in [0.4, 0.5) is 68.2 Å². The molecule has 104 heavy (non-hydrogen) atoms. The molecule has 17 aromatic rings. The predicted octanol–water partition coefficient (Wildman–Crippen LogP) is 28.8. The van der Waals surface area contributed by atoms with E-state index in [1.807, 2.05) is 0 Å². The van der Waals surface area contributed by atoms with Gasteiger partial charge in [-0.15, -0.1) is 0 Å². The van der Waals surface area contributed by atoms with Gasteiger partial charge in [-0.2, -0.15) is 0 Å². The molecule has 17 rings (SSSR count). The Balaban J connectivity index is 0.875. The number of aryl methyl sites for hydroxylation is 8. The van der Waals surface area contributed by atoms with Crippen LogP contribution in [0.25, 0.3) is 87.6 Å². The minimum Gasteiger partial charge on any atom is -0.311 e. The summed E-state index contributed by atoms with van der Waals surface area (Å²) in [6.45, 7) is 17.2. The second kappa shape index (κ2) is 27.0. The number of anilines is 12. The zero-order valence-electron chi connectivity index (χ0n) is 60.1. The quantitative estimate of drug-likeness (QED) is 0.0706. The lowest BCUT2D eigenvalue weighted by atomic mass is 9.81. The van der Waals surface area contributed by atoms with Crippen molar-refractivity contribution in [1.82, 2.24) is 0 Å². The first-order chi connectivity index (χ1) is 50.8. The molecule has 0 saturated carbocycles. The number of fused-ring (bicyclic) bond motifs is 2. The first-order valence-corrected chi connectivity index (χ1v) is 36.2. The van der Waals surface area contributed by atoms with Gasteiger partial charge in [0.15, 0.2) is 0 Å². The van der Waals surface area contributed by atoms with Gasteiger partial charge >= 0.3 is 0 Å². The van der Waals surface area contributed by atoms with E-state index in [0.717, 1.165) is 90.5 Å². The van der Waals surface area contributed by atoms with Crippen molar-refractivity contribution in [3.05, 3.63) is 384 Å². The number of hydrogen-bond donors (Lipinski definition) is 0. The van der Waals surface area contributed by atoms with Gasteiger partial charge < -0.3 is 19.6 Å². The number of nitrogens with zero attached hydrogens (tertiary/aromatic N) is 4. The summed E-state index contributed by atoms with van der Waals surface area (Å²) in [4.78, 5) is 9.47. The van der Waals surface area contributed by atoms with Crippen LogP contribution in [0.5, 0.6) is 0 Å². The Labute approximate surface area is 611 Å². The maximum absolute atomic E-state index is 2.41. The number of hydrogen-bond acceptors (Lipinski definition) is 4. The third-order valence-corrected chi connectivity index (χ3v) is 21.0. The molecule has 0 saturated heterocycles. The van der Waals surface area contributed by atoms with Crippen LogP contribution in [0.1, 0.15) is 44.5 Å². The molecular formula is C100H80N4. The molecule has 0 aliphatic rings. The summed E-state index contributed by atoms with van der Waals surface area (Å²) >= 11 is 0. The van der Waals surface area contributed by atoms with Gasteiger partial charge in [0.25, 0.3) is 0 Å². The van der Waals surface area contributed by atoms with E-state index < -0.39 is 0 Å². The second-order valence-corrected chi connectivity index (χ2v) is 28.4. The zero-order chi connectivity index (χ0) is 70.7. The van der Waals surface area contributed by atoms with Crippen molar-refractivity contribution >= 4 is 111 Å². The third-order valence-electron chi connectivity index (χ3n) is 21.0. The van der Waals surface area contributed by atoms with Crippen LogP contribution in [-0.2, 0) is 0 Å². The van der Waals surface area contributed by atoms with Crippen LogP contribution in [0.2, 0.25) is 0 Å². The minimum atomic E-state index is 1.09. The first kappa shape index (κ1) is 64.6. The van der Waals surface area contributed by atoms with Crippen LogP contribution in [0, 0.1) is 55.4 Å². The molecule has 500 valence electrons. The Morgan fingerprint density at radius 2 is 0.327 bits per heavy atom. The molecule has 0 N–H and O–H groups in total. The van der Waals surface area contributed by atoms with Crippen molar-refractivity contribution in [1.29, 1.82) is 0 Å². The largest absolute Gasteiger partial charge is 0.311 e. The molecule has 4 heteroatoms. The van der Waals surface area contributed by atoms with Gasteiger partial charge in [0.2, 0.25) is 0 Å². The SMILES string of the molecule is Cc1ccc(N(c2ccc(C)cc2)c2ccc(-c3ccc4c5ccc(-c6ccc(N(c7ccc(C)cc7)c7ccc(C)cc7)cc6)c6c(-c7ccc(N(c8ccc(C)cc8)c8cccc(C)c8)cc7)ccc(c7ccc(-c8ccc(N(c9ccc(C)cc9)c9ccc(C)cc9)cc8)c3c47)c65)cc2)cc1. The summed E-state index contributed by atoms with van der Waals surface area (Å²) < 4.78 is 0. The van der Waals surface area contributed by atoms with Gasteiger partial charge in [0.1, 0.15) is 0 Å². The highest BCUT2D eigenvalue weighted by molar-refractivity contribution is 6.38. The van der Waals surface area contributed by atoms with Crippen molar-refractivity contribution in [2.45, 2.75) is 55.4 Å². The van der Waals surface area contributed by atoms with Crippen molar-refractivity contribution in [3.63, 3.8) is 0 Å². The van der Waals surface area contributed by atoms with Gasteiger partial charge in [0.05, 0.1) is 0 Å². The third kappa shape index (κ3) is 12.1. The van der Waals surface area contributed by atoms with E-state index in [0.29, 0.717) is 0 Å². The minimum absolute atomic E-state index is 1.09. The lowest BCUT2D eigenvalue weighted by Crippen LogP contribution is -2.10. The van der Waals surface area contributed by atoms with E-state index in [1.165, 1.54) is 110 Å². The number of rotatable bonds is 16. The van der Waals surface area contributed by atoms with Crippen LogP contribution >= 0.6 is 0 Å². The van der Waals surface area contributed by atoms with Crippen LogP contribution in [0.15, 0.2) is 340 Å². The maximum Gasteiger partial charge on any atom is 0.0464 e. The summed E-state index contributed by atoms with van der Waals surface area (Å²) in [5, 5.41) is 9.81. The fourth-order valence-corrected chi connectivity index (χ4v) is 15.4. The van der Waals surface area contributed by atoms with E-state index >= 15 is 0 Å². The van der Waals surface area contributed by atoms with E-state index in [-0.39, 0.29) is 0 Å². The van der Waals surface area contributed by atoms with E-state index in [2.05, 4.69) is 415 Å². The molecule has 0 aliphatic heterocycles. The molecule has 0 bridgehead atoms. The van der Waals surface area contributed by atoms with Crippen LogP contribution in [0.3, 0.4) is 0 Å². The molecule has 0 fully saturated rings. The van der Waals surface area contributed by atoms with Gasteiger partial charge in [-0.1, -0.05) is 233 Å². The smallest absolute Gasteiger partial charge is 0.0464 e. The second-order valence-electron chi connectivity index (χ2n) is 28.4. The molecule has 0 aromatic heterocycles.